The minimum atomic E-state index is -1.04. The maximum absolute atomic E-state index is 11.7. The summed E-state index contributed by atoms with van der Waals surface area (Å²) in [6.45, 7) is 0. The Balaban J connectivity index is 2.08. The van der Waals surface area contributed by atoms with E-state index >= 15 is 0 Å². The Bertz CT molecular complexity index is 1160. The smallest absolute Gasteiger partial charge is 0.336 e. The van der Waals surface area contributed by atoms with Crippen LogP contribution in [0.5, 0.6) is 0 Å². The van der Waals surface area contributed by atoms with Gasteiger partial charge in [-0.25, -0.2) is 9.78 Å². The number of halogens is 1. The fourth-order valence-corrected chi connectivity index (χ4v) is 2.90. The maximum Gasteiger partial charge on any atom is 0.336 e. The predicted octanol–water partition coefficient (Wildman–Crippen LogP) is 4.71. The molecule has 0 saturated heterocycles. The molecule has 27 heavy (non-hydrogen) atoms. The number of hydrogen-bond donors (Lipinski definition) is 2. The lowest BCUT2D eigenvalue weighted by atomic mass is 10.0. The van der Waals surface area contributed by atoms with E-state index in [0.717, 1.165) is 4.47 Å². The number of carboxylic acids is 1. The van der Waals surface area contributed by atoms with Crippen LogP contribution in [0, 0.1) is 22.7 Å². The fourth-order valence-electron chi connectivity index (χ4n) is 2.54. The molecule has 0 unspecified atom stereocenters. The summed E-state index contributed by atoms with van der Waals surface area (Å²) in [5, 5.41) is 30.6. The van der Waals surface area contributed by atoms with E-state index in [4.69, 9.17) is 10.5 Å². The molecule has 0 fully saturated rings. The van der Waals surface area contributed by atoms with Crippen LogP contribution in [0.4, 0.5) is 5.69 Å². The van der Waals surface area contributed by atoms with Gasteiger partial charge in [-0.1, -0.05) is 28.1 Å². The highest BCUT2D eigenvalue weighted by Crippen LogP contribution is 2.28. The predicted molar refractivity (Wildman–Crippen MR) is 105 cm³/mol. The Morgan fingerprint density at radius 1 is 1.15 bits per heavy atom. The molecule has 1 aromatic heterocycles. The monoisotopic (exact) mass is 418 g/mol. The highest BCUT2D eigenvalue weighted by molar-refractivity contribution is 9.10. The highest BCUT2D eigenvalue weighted by atomic mass is 79.9. The van der Waals surface area contributed by atoms with E-state index in [-0.39, 0.29) is 11.1 Å². The molecule has 0 bridgehead atoms. The van der Waals surface area contributed by atoms with Crippen molar-refractivity contribution in [3.05, 3.63) is 70.3 Å². The number of rotatable bonds is 4. The molecule has 3 rings (SSSR count). The normalized spacial score (nSPS) is 9.89. The number of carbonyl (C=O) groups is 1. The molecule has 0 aliphatic heterocycles. The van der Waals surface area contributed by atoms with Crippen LogP contribution in [0.1, 0.15) is 10.4 Å². The number of aromatic carboxylic acids is 1. The summed E-state index contributed by atoms with van der Waals surface area (Å²) in [7, 11) is 0. The number of nitrogens with one attached hydrogen (secondary N) is 1. The Labute approximate surface area is 163 Å². The molecule has 2 aromatic carbocycles. The third kappa shape index (κ3) is 3.95. The van der Waals surface area contributed by atoms with E-state index in [0.29, 0.717) is 27.8 Å². The van der Waals surface area contributed by atoms with Gasteiger partial charge in [-0.3, -0.25) is 0 Å². The third-order valence-electron chi connectivity index (χ3n) is 3.78. The van der Waals surface area contributed by atoms with Crippen LogP contribution in [0.15, 0.2) is 64.8 Å². The minimum absolute atomic E-state index is 0.0528. The summed E-state index contributed by atoms with van der Waals surface area (Å²) < 4.78 is 0.774. The van der Waals surface area contributed by atoms with E-state index in [1.54, 1.807) is 48.5 Å². The van der Waals surface area contributed by atoms with Gasteiger partial charge in [0.1, 0.15) is 17.7 Å². The van der Waals surface area contributed by atoms with E-state index in [1.807, 2.05) is 6.07 Å². The van der Waals surface area contributed by atoms with Crippen molar-refractivity contribution in [2.75, 3.05) is 5.32 Å². The number of nitrogens with zero attached hydrogens (tertiary/aromatic N) is 3. The van der Waals surface area contributed by atoms with Gasteiger partial charge in [-0.15, -0.1) is 0 Å². The van der Waals surface area contributed by atoms with Crippen molar-refractivity contribution in [2.24, 2.45) is 0 Å². The van der Waals surface area contributed by atoms with Gasteiger partial charge in [0.15, 0.2) is 0 Å². The summed E-state index contributed by atoms with van der Waals surface area (Å²) in [4.78, 5) is 16.3. The second-order valence-corrected chi connectivity index (χ2v) is 6.44. The van der Waals surface area contributed by atoms with Gasteiger partial charge in [0.2, 0.25) is 0 Å². The number of anilines is 1. The van der Waals surface area contributed by atoms with Crippen molar-refractivity contribution in [1.82, 2.24) is 4.98 Å². The fraction of sp³-hybridized carbons (Fsp3) is 0. The summed E-state index contributed by atoms with van der Waals surface area (Å²) in [6, 6.07) is 17.5. The van der Waals surface area contributed by atoms with Crippen LogP contribution in [-0.4, -0.2) is 16.1 Å². The molecule has 0 radical (unpaired) electrons. The number of carboxylic acid groups (broad SMARTS) is 1. The van der Waals surface area contributed by atoms with Gasteiger partial charge in [-0.05, 0) is 36.4 Å². The van der Waals surface area contributed by atoms with Gasteiger partial charge in [0, 0.05) is 27.3 Å². The number of nitriles is 2. The number of fused-ring (bicyclic) bond motifs is 1. The van der Waals surface area contributed by atoms with Crippen LogP contribution in [0.25, 0.3) is 22.2 Å². The Hall–Kier alpha value is -3.68. The summed E-state index contributed by atoms with van der Waals surface area (Å²) in [6.07, 6.45) is 1.31. The van der Waals surface area contributed by atoms with Crippen LogP contribution in [-0.2, 0) is 0 Å². The number of aromatic nitrogens is 1. The number of hydrogen-bond acceptors (Lipinski definition) is 5. The van der Waals surface area contributed by atoms with Crippen LogP contribution in [0.3, 0.4) is 0 Å². The standard InChI is InChI=1S/C20H11BrN4O2/c21-14-4-5-18-16(7-14)17(20(26)27)8-19(25-18)13-2-1-3-15(6-13)24-11-12(9-22)10-23/h1-8,11,24H,(H,26,27). The van der Waals surface area contributed by atoms with Crippen molar-refractivity contribution in [3.63, 3.8) is 0 Å². The molecule has 0 aliphatic carbocycles. The summed E-state index contributed by atoms with van der Waals surface area (Å²) in [5.41, 5.74) is 2.54. The SMILES string of the molecule is N#CC(C#N)=CNc1cccc(-c2cc(C(=O)O)c3cc(Br)ccc3n2)c1. The molecular formula is C20H11BrN4O2. The first-order valence-corrected chi connectivity index (χ1v) is 8.52. The Morgan fingerprint density at radius 2 is 1.93 bits per heavy atom. The van der Waals surface area contributed by atoms with Crippen molar-refractivity contribution in [2.45, 2.75) is 0 Å². The average Bonchev–Trinajstić information content (AvgIpc) is 2.68. The topological polar surface area (TPSA) is 110 Å². The van der Waals surface area contributed by atoms with Gasteiger partial charge in [0.05, 0.1) is 16.8 Å². The van der Waals surface area contributed by atoms with Crippen molar-refractivity contribution in [3.8, 4) is 23.4 Å². The molecule has 0 amide bonds. The quantitative estimate of drug-likeness (QED) is 0.593. The van der Waals surface area contributed by atoms with E-state index in [2.05, 4.69) is 26.2 Å². The second kappa shape index (κ2) is 7.69. The van der Waals surface area contributed by atoms with Crippen LogP contribution in [0.2, 0.25) is 0 Å². The summed E-state index contributed by atoms with van der Waals surface area (Å²) >= 11 is 3.35. The lowest BCUT2D eigenvalue weighted by Crippen LogP contribution is -2.00. The van der Waals surface area contributed by atoms with Gasteiger partial charge < -0.3 is 10.4 Å². The molecule has 6 nitrogen and oxygen atoms in total. The molecule has 7 heteroatoms. The zero-order valence-corrected chi connectivity index (χ0v) is 15.4. The largest absolute Gasteiger partial charge is 0.478 e. The molecule has 0 atom stereocenters. The van der Waals surface area contributed by atoms with Gasteiger partial charge in [0.25, 0.3) is 0 Å². The number of pyridine rings is 1. The Kier molecular flexibility index (Phi) is 5.16. The first-order valence-electron chi connectivity index (χ1n) is 7.73. The average molecular weight is 419 g/mol. The Morgan fingerprint density at radius 3 is 2.63 bits per heavy atom. The highest BCUT2D eigenvalue weighted by Gasteiger charge is 2.13. The number of allylic oxidation sites excluding steroid dienone is 1. The van der Waals surface area contributed by atoms with Crippen LogP contribution >= 0.6 is 15.9 Å². The van der Waals surface area contributed by atoms with Crippen molar-refractivity contribution < 1.29 is 9.90 Å². The van der Waals surface area contributed by atoms with Gasteiger partial charge >= 0.3 is 5.97 Å². The zero-order chi connectivity index (χ0) is 19.4. The van der Waals surface area contributed by atoms with Crippen molar-refractivity contribution >= 4 is 38.5 Å². The zero-order valence-electron chi connectivity index (χ0n) is 13.8. The lowest BCUT2D eigenvalue weighted by Gasteiger charge is -2.09. The molecule has 2 N–H and O–H groups in total. The van der Waals surface area contributed by atoms with Crippen LogP contribution < -0.4 is 5.32 Å². The molecule has 0 saturated carbocycles. The molecule has 1 heterocycles. The second-order valence-electron chi connectivity index (χ2n) is 5.53. The molecule has 130 valence electrons. The number of benzene rings is 2. The van der Waals surface area contributed by atoms with E-state index in [9.17, 15) is 9.90 Å². The first-order chi connectivity index (χ1) is 13.0. The van der Waals surface area contributed by atoms with Crippen molar-refractivity contribution in [1.29, 1.82) is 10.5 Å². The molecule has 3 aromatic rings. The maximum atomic E-state index is 11.7. The molecule has 0 aliphatic rings. The van der Waals surface area contributed by atoms with E-state index < -0.39 is 5.97 Å². The molecule has 0 spiro atoms. The van der Waals surface area contributed by atoms with Gasteiger partial charge in [-0.2, -0.15) is 10.5 Å². The minimum Gasteiger partial charge on any atom is -0.478 e. The van der Waals surface area contributed by atoms with E-state index in [1.165, 1.54) is 12.3 Å². The summed E-state index contributed by atoms with van der Waals surface area (Å²) in [5.74, 6) is -1.04. The first kappa shape index (κ1) is 18.1. The molecular weight excluding hydrogens is 408 g/mol. The lowest BCUT2D eigenvalue weighted by molar-refractivity contribution is 0.0699. The third-order valence-corrected chi connectivity index (χ3v) is 4.28.